The first-order valence-corrected chi connectivity index (χ1v) is 10.7. The summed E-state index contributed by atoms with van der Waals surface area (Å²) in [5.41, 5.74) is 4.51. The van der Waals surface area contributed by atoms with Crippen LogP contribution in [-0.4, -0.2) is 20.2 Å². The Morgan fingerprint density at radius 3 is 2.31 bits per heavy atom. The van der Waals surface area contributed by atoms with Gasteiger partial charge in [-0.1, -0.05) is 17.7 Å². The quantitative estimate of drug-likeness (QED) is 0.515. The van der Waals surface area contributed by atoms with E-state index in [1.807, 2.05) is 0 Å². The van der Waals surface area contributed by atoms with E-state index in [2.05, 4.69) is 15.6 Å². The zero-order valence-corrected chi connectivity index (χ0v) is 16.9. The number of thiophene rings is 1. The smallest absolute Gasteiger partial charge is 0.278 e. The zero-order chi connectivity index (χ0) is 21.0. The van der Waals surface area contributed by atoms with E-state index in [9.17, 15) is 22.4 Å². The maximum atomic E-state index is 13.0. The molecule has 11 heteroatoms. The maximum absolute atomic E-state index is 13.0. The predicted molar refractivity (Wildman–Crippen MR) is 108 cm³/mol. The zero-order valence-electron chi connectivity index (χ0n) is 14.5. The molecule has 0 unspecified atom stereocenters. The van der Waals surface area contributed by atoms with E-state index in [0.717, 1.165) is 24.3 Å². The molecule has 2 aromatic carbocycles. The van der Waals surface area contributed by atoms with Crippen LogP contribution in [0.15, 0.2) is 64.9 Å². The highest BCUT2D eigenvalue weighted by Gasteiger charge is 2.18. The normalized spacial score (nSPS) is 11.0. The second-order valence-electron chi connectivity index (χ2n) is 5.64. The third-order valence-electron chi connectivity index (χ3n) is 3.63. The van der Waals surface area contributed by atoms with Crippen molar-refractivity contribution >= 4 is 50.5 Å². The highest BCUT2D eigenvalue weighted by molar-refractivity contribution is 7.92. The van der Waals surface area contributed by atoms with Gasteiger partial charge in [-0.3, -0.25) is 25.2 Å². The SMILES string of the molecule is O=C(NNC(=O)c1cccs1)c1ccc(Cl)c(NS(=O)(=O)c2ccc(F)cc2)c1. The third kappa shape index (κ3) is 5.11. The van der Waals surface area contributed by atoms with Crippen molar-refractivity contribution in [2.75, 3.05) is 4.72 Å². The Labute approximate surface area is 174 Å². The highest BCUT2D eigenvalue weighted by atomic mass is 35.5. The number of nitrogens with one attached hydrogen (secondary N) is 3. The third-order valence-corrected chi connectivity index (χ3v) is 6.21. The van der Waals surface area contributed by atoms with Crippen molar-refractivity contribution < 1.29 is 22.4 Å². The molecule has 0 saturated carbocycles. The molecule has 0 radical (unpaired) electrons. The summed E-state index contributed by atoms with van der Waals surface area (Å²) < 4.78 is 40.2. The van der Waals surface area contributed by atoms with Crippen molar-refractivity contribution in [1.82, 2.24) is 10.9 Å². The van der Waals surface area contributed by atoms with Gasteiger partial charge >= 0.3 is 0 Å². The minimum absolute atomic E-state index is 0.0479. The Kier molecular flexibility index (Phi) is 6.16. The molecule has 1 aromatic heterocycles. The second-order valence-corrected chi connectivity index (χ2v) is 8.68. The van der Waals surface area contributed by atoms with E-state index in [4.69, 9.17) is 11.6 Å². The summed E-state index contributed by atoms with van der Waals surface area (Å²) >= 11 is 7.23. The van der Waals surface area contributed by atoms with Crippen LogP contribution in [0.1, 0.15) is 20.0 Å². The number of anilines is 1. The Bertz CT molecular complexity index is 1150. The number of hydrazine groups is 1. The molecule has 0 atom stereocenters. The number of amides is 2. The molecule has 2 amide bonds. The van der Waals surface area contributed by atoms with Gasteiger partial charge in [-0.15, -0.1) is 11.3 Å². The summed E-state index contributed by atoms with van der Waals surface area (Å²) in [4.78, 5) is 24.4. The number of rotatable bonds is 5. The number of halogens is 2. The second kappa shape index (κ2) is 8.60. The summed E-state index contributed by atoms with van der Waals surface area (Å²) in [5.74, 6) is -1.74. The molecule has 3 N–H and O–H groups in total. The van der Waals surface area contributed by atoms with Crippen LogP contribution in [0.5, 0.6) is 0 Å². The molecule has 0 aliphatic carbocycles. The van der Waals surface area contributed by atoms with Crippen molar-refractivity contribution in [1.29, 1.82) is 0 Å². The average molecular weight is 454 g/mol. The average Bonchev–Trinajstić information content (AvgIpc) is 3.22. The molecule has 0 aliphatic rings. The van der Waals surface area contributed by atoms with Gasteiger partial charge in [-0.2, -0.15) is 0 Å². The summed E-state index contributed by atoms with van der Waals surface area (Å²) in [7, 11) is -4.05. The van der Waals surface area contributed by atoms with Crippen LogP contribution in [0.3, 0.4) is 0 Å². The van der Waals surface area contributed by atoms with Crippen molar-refractivity contribution in [3.8, 4) is 0 Å². The van der Waals surface area contributed by atoms with Gasteiger partial charge in [0.05, 0.1) is 20.5 Å². The number of sulfonamides is 1. The molecule has 3 rings (SSSR count). The van der Waals surface area contributed by atoms with Gasteiger partial charge in [0.2, 0.25) is 0 Å². The first kappa shape index (κ1) is 20.8. The molecule has 7 nitrogen and oxygen atoms in total. The fourth-order valence-corrected chi connectivity index (χ4v) is 4.13. The van der Waals surface area contributed by atoms with Crippen molar-refractivity contribution in [3.05, 3.63) is 81.3 Å². The van der Waals surface area contributed by atoms with E-state index in [0.29, 0.717) is 4.88 Å². The molecule has 0 bridgehead atoms. The molecule has 29 heavy (non-hydrogen) atoms. The van der Waals surface area contributed by atoms with Gasteiger partial charge in [-0.25, -0.2) is 12.8 Å². The lowest BCUT2D eigenvalue weighted by Crippen LogP contribution is -2.41. The molecule has 0 saturated heterocycles. The number of hydrogen-bond donors (Lipinski definition) is 3. The van der Waals surface area contributed by atoms with E-state index in [1.54, 1.807) is 17.5 Å². The van der Waals surface area contributed by atoms with Gasteiger partial charge < -0.3 is 0 Å². The first-order chi connectivity index (χ1) is 13.8. The topological polar surface area (TPSA) is 104 Å². The highest BCUT2D eigenvalue weighted by Crippen LogP contribution is 2.26. The van der Waals surface area contributed by atoms with Crippen LogP contribution >= 0.6 is 22.9 Å². The van der Waals surface area contributed by atoms with Crippen LogP contribution in [0.2, 0.25) is 5.02 Å². The van der Waals surface area contributed by atoms with Gasteiger partial charge in [-0.05, 0) is 53.9 Å². The lowest BCUT2D eigenvalue weighted by molar-refractivity contribution is 0.0849. The van der Waals surface area contributed by atoms with E-state index in [1.165, 1.54) is 29.5 Å². The fourth-order valence-electron chi connectivity index (χ4n) is 2.22. The summed E-state index contributed by atoms with van der Waals surface area (Å²) in [6.45, 7) is 0. The van der Waals surface area contributed by atoms with Gasteiger partial charge in [0.25, 0.3) is 21.8 Å². The van der Waals surface area contributed by atoms with E-state index < -0.39 is 27.7 Å². The Morgan fingerprint density at radius 2 is 1.66 bits per heavy atom. The molecule has 0 fully saturated rings. The number of benzene rings is 2. The van der Waals surface area contributed by atoms with Gasteiger partial charge in [0.15, 0.2) is 0 Å². The Hall–Kier alpha value is -2.95. The fraction of sp³-hybridized carbons (Fsp3) is 0. The molecule has 3 aromatic rings. The number of carbonyl (C=O) groups is 2. The lowest BCUT2D eigenvalue weighted by atomic mass is 10.2. The van der Waals surface area contributed by atoms with Crippen molar-refractivity contribution in [3.63, 3.8) is 0 Å². The largest absolute Gasteiger partial charge is 0.279 e. The van der Waals surface area contributed by atoms with Gasteiger partial charge in [0.1, 0.15) is 5.82 Å². The molecule has 150 valence electrons. The van der Waals surface area contributed by atoms with Crippen LogP contribution in [0.4, 0.5) is 10.1 Å². The first-order valence-electron chi connectivity index (χ1n) is 7.98. The van der Waals surface area contributed by atoms with Crippen molar-refractivity contribution in [2.24, 2.45) is 0 Å². The number of carbonyl (C=O) groups excluding carboxylic acids is 2. The van der Waals surface area contributed by atoms with Crippen LogP contribution in [0.25, 0.3) is 0 Å². The standard InChI is InChI=1S/C18H13ClFN3O4S2/c19-14-8-3-11(17(24)21-22-18(25)16-2-1-9-28-16)10-15(14)23-29(26,27)13-6-4-12(20)5-7-13/h1-10,23H,(H,21,24)(H,22,25). The summed E-state index contributed by atoms with van der Waals surface area (Å²) in [6.07, 6.45) is 0. The van der Waals surface area contributed by atoms with E-state index >= 15 is 0 Å². The molecule has 0 aliphatic heterocycles. The van der Waals surface area contributed by atoms with Gasteiger partial charge in [0, 0.05) is 5.56 Å². The maximum Gasteiger partial charge on any atom is 0.279 e. The minimum Gasteiger partial charge on any atom is -0.278 e. The van der Waals surface area contributed by atoms with Crippen LogP contribution in [-0.2, 0) is 10.0 Å². The molecule has 1 heterocycles. The summed E-state index contributed by atoms with van der Waals surface area (Å²) in [5, 5.41) is 1.77. The summed E-state index contributed by atoms with van der Waals surface area (Å²) in [6, 6.07) is 11.4. The molecular weight excluding hydrogens is 441 g/mol. The number of hydrogen-bond acceptors (Lipinski definition) is 5. The molecule has 0 spiro atoms. The Balaban J connectivity index is 1.74. The minimum atomic E-state index is -4.05. The lowest BCUT2D eigenvalue weighted by Gasteiger charge is -2.12. The monoisotopic (exact) mass is 453 g/mol. The predicted octanol–water partition coefficient (Wildman–Crippen LogP) is 3.42. The Morgan fingerprint density at radius 1 is 0.966 bits per heavy atom. The van der Waals surface area contributed by atoms with Crippen LogP contribution in [0, 0.1) is 5.82 Å². The van der Waals surface area contributed by atoms with Crippen molar-refractivity contribution in [2.45, 2.75) is 4.90 Å². The van der Waals surface area contributed by atoms with Crippen LogP contribution < -0.4 is 15.6 Å². The molecular formula is C18H13ClFN3O4S2. The van der Waals surface area contributed by atoms with E-state index in [-0.39, 0.29) is 21.2 Å².